The van der Waals surface area contributed by atoms with Crippen LogP contribution in [0, 0.1) is 0 Å². The number of hydrogen-bond donors (Lipinski definition) is 2. The third-order valence-electron chi connectivity index (χ3n) is 6.52. The first-order valence-corrected chi connectivity index (χ1v) is 15.5. The molecule has 224 valence electrons. The Morgan fingerprint density at radius 3 is 1.67 bits per heavy atom. The molecule has 0 saturated heterocycles. The van der Waals surface area contributed by atoms with Crippen molar-refractivity contribution in [2.45, 2.75) is 123 Å². The molecule has 0 aliphatic carbocycles. The van der Waals surface area contributed by atoms with Crippen molar-refractivity contribution in [3.05, 3.63) is 30.1 Å². The van der Waals surface area contributed by atoms with E-state index in [1.165, 1.54) is 83.5 Å². The molecule has 2 N–H and O–H groups in total. The van der Waals surface area contributed by atoms with Crippen LogP contribution in [-0.2, 0) is 20.8 Å². The number of hydrogen-bond acceptors (Lipinski definition) is 6. The Labute approximate surface area is 237 Å². The van der Waals surface area contributed by atoms with E-state index in [4.69, 9.17) is 14.2 Å². The van der Waals surface area contributed by atoms with Gasteiger partial charge in [0.1, 0.15) is 0 Å². The Balaban J connectivity index is 1.74. The van der Waals surface area contributed by atoms with E-state index in [2.05, 4.69) is 22.5 Å². The monoisotopic (exact) mass is 549 g/mol. The minimum atomic E-state index is -0.468. The van der Waals surface area contributed by atoms with E-state index in [1.54, 1.807) is 6.20 Å². The Morgan fingerprint density at radius 2 is 1.15 bits per heavy atom. The summed E-state index contributed by atoms with van der Waals surface area (Å²) in [7, 11) is 0. The average molecular weight is 550 g/mol. The molecule has 0 aliphatic heterocycles. The van der Waals surface area contributed by atoms with Gasteiger partial charge in [0, 0.05) is 38.8 Å². The molecule has 1 heterocycles. The summed E-state index contributed by atoms with van der Waals surface area (Å²) in [5.74, 6) is 0. The summed E-state index contributed by atoms with van der Waals surface area (Å²) in [6.45, 7) is 4.88. The Morgan fingerprint density at radius 1 is 0.641 bits per heavy atom. The molecule has 39 heavy (non-hydrogen) atoms. The van der Waals surface area contributed by atoms with Crippen molar-refractivity contribution in [2.75, 3.05) is 33.0 Å². The second kappa shape index (κ2) is 27.2. The molecular weight excluding hydrogens is 494 g/mol. The van der Waals surface area contributed by atoms with Crippen LogP contribution in [0.1, 0.15) is 122 Å². The highest BCUT2D eigenvalue weighted by Crippen LogP contribution is 2.13. The number of carbonyl (C=O) groups excluding carboxylic acids is 2. The SMILES string of the molecule is CCCCCCCCCCCCCCCCCNC(=O)OCCCOCCCOC(=O)NCc1ccccn1. The van der Waals surface area contributed by atoms with Crippen LogP contribution >= 0.6 is 0 Å². The summed E-state index contributed by atoms with van der Waals surface area (Å²) in [5.41, 5.74) is 0.777. The minimum Gasteiger partial charge on any atom is -0.449 e. The summed E-state index contributed by atoms with van der Waals surface area (Å²) in [5, 5.41) is 5.47. The number of unbranched alkanes of at least 4 members (excludes halogenated alkanes) is 14. The van der Waals surface area contributed by atoms with Crippen LogP contribution in [0.2, 0.25) is 0 Å². The topological polar surface area (TPSA) is 98.8 Å². The summed E-state index contributed by atoms with van der Waals surface area (Å²) in [6.07, 6.45) is 22.1. The number of aromatic nitrogens is 1. The number of ether oxygens (including phenoxy) is 3. The van der Waals surface area contributed by atoms with Gasteiger partial charge in [-0.3, -0.25) is 4.98 Å². The molecule has 0 fully saturated rings. The summed E-state index contributed by atoms with van der Waals surface area (Å²) in [6, 6.07) is 5.53. The van der Waals surface area contributed by atoms with Crippen LogP contribution in [0.4, 0.5) is 9.59 Å². The number of alkyl carbamates (subject to hydrolysis) is 2. The zero-order valence-electron chi connectivity index (χ0n) is 24.6. The molecule has 2 amide bonds. The zero-order chi connectivity index (χ0) is 28.1. The lowest BCUT2D eigenvalue weighted by molar-refractivity contribution is 0.0851. The van der Waals surface area contributed by atoms with Crippen LogP contribution in [0.3, 0.4) is 0 Å². The Kier molecular flexibility index (Phi) is 24.2. The van der Waals surface area contributed by atoms with Crippen molar-refractivity contribution >= 4 is 12.2 Å². The summed E-state index contributed by atoms with van der Waals surface area (Å²) >= 11 is 0. The largest absolute Gasteiger partial charge is 0.449 e. The molecule has 1 rings (SSSR count). The zero-order valence-corrected chi connectivity index (χ0v) is 24.6. The number of rotatable bonds is 26. The van der Waals surface area contributed by atoms with Gasteiger partial charge in [-0.1, -0.05) is 103 Å². The van der Waals surface area contributed by atoms with E-state index in [0.717, 1.165) is 18.5 Å². The molecule has 0 saturated carbocycles. The Bertz CT molecular complexity index is 690. The van der Waals surface area contributed by atoms with Crippen molar-refractivity contribution < 1.29 is 23.8 Å². The van der Waals surface area contributed by atoms with Gasteiger partial charge in [-0.25, -0.2) is 9.59 Å². The smallest absolute Gasteiger partial charge is 0.407 e. The van der Waals surface area contributed by atoms with Crippen molar-refractivity contribution in [3.8, 4) is 0 Å². The van der Waals surface area contributed by atoms with Gasteiger partial charge < -0.3 is 24.8 Å². The van der Waals surface area contributed by atoms with Crippen molar-refractivity contribution in [1.82, 2.24) is 15.6 Å². The lowest BCUT2D eigenvalue weighted by Crippen LogP contribution is -2.26. The standard InChI is InChI=1S/C31H55N3O5/c1-2-3-4-5-6-7-8-9-10-11-12-13-14-15-17-23-33-30(35)38-26-19-24-37-25-20-27-39-31(36)34-28-29-21-16-18-22-32-29/h16,18,21-22H,2-15,17,19-20,23-28H2,1H3,(H,33,35)(H,34,36). The van der Waals surface area contributed by atoms with E-state index in [0.29, 0.717) is 45.8 Å². The fourth-order valence-electron chi connectivity index (χ4n) is 4.21. The normalized spacial score (nSPS) is 10.8. The van der Waals surface area contributed by atoms with E-state index in [9.17, 15) is 9.59 Å². The molecule has 1 aromatic rings. The predicted molar refractivity (Wildman–Crippen MR) is 157 cm³/mol. The molecule has 0 bridgehead atoms. The molecule has 0 radical (unpaired) electrons. The van der Waals surface area contributed by atoms with Crippen molar-refractivity contribution in [1.29, 1.82) is 0 Å². The number of nitrogens with one attached hydrogen (secondary N) is 2. The highest BCUT2D eigenvalue weighted by molar-refractivity contribution is 5.67. The maximum Gasteiger partial charge on any atom is 0.407 e. The molecular formula is C31H55N3O5. The first-order valence-electron chi connectivity index (χ1n) is 15.5. The van der Waals surface area contributed by atoms with Gasteiger partial charge >= 0.3 is 12.2 Å². The first-order chi connectivity index (χ1) is 19.2. The van der Waals surface area contributed by atoms with Gasteiger partial charge in [-0.05, 0) is 18.6 Å². The predicted octanol–water partition coefficient (Wildman–Crippen LogP) is 7.70. The second-order valence-corrected chi connectivity index (χ2v) is 10.1. The van der Waals surface area contributed by atoms with Gasteiger partial charge in [-0.2, -0.15) is 0 Å². The number of carbonyl (C=O) groups is 2. The maximum atomic E-state index is 11.7. The molecule has 8 heteroatoms. The fraction of sp³-hybridized carbons (Fsp3) is 0.774. The van der Waals surface area contributed by atoms with Crippen LogP contribution in [0.25, 0.3) is 0 Å². The van der Waals surface area contributed by atoms with Crippen molar-refractivity contribution in [3.63, 3.8) is 0 Å². The van der Waals surface area contributed by atoms with Crippen LogP contribution in [0.15, 0.2) is 24.4 Å². The summed E-state index contributed by atoms with van der Waals surface area (Å²) in [4.78, 5) is 27.5. The molecule has 0 spiro atoms. The third-order valence-corrected chi connectivity index (χ3v) is 6.52. The molecule has 1 aromatic heterocycles. The number of pyridine rings is 1. The lowest BCUT2D eigenvalue weighted by atomic mass is 10.0. The first kappa shape index (κ1) is 34.7. The third kappa shape index (κ3) is 24.4. The van der Waals surface area contributed by atoms with Gasteiger partial charge in [-0.15, -0.1) is 0 Å². The van der Waals surface area contributed by atoms with Crippen molar-refractivity contribution in [2.24, 2.45) is 0 Å². The maximum absolute atomic E-state index is 11.7. The van der Waals surface area contributed by atoms with E-state index in [-0.39, 0.29) is 12.7 Å². The summed E-state index contributed by atoms with van der Waals surface area (Å²) < 4.78 is 15.8. The number of nitrogens with zero attached hydrogens (tertiary/aromatic N) is 1. The Hall–Kier alpha value is -2.35. The fourth-order valence-corrected chi connectivity index (χ4v) is 4.21. The van der Waals surface area contributed by atoms with Crippen LogP contribution < -0.4 is 10.6 Å². The van der Waals surface area contributed by atoms with Crippen LogP contribution in [0.5, 0.6) is 0 Å². The van der Waals surface area contributed by atoms with E-state index in [1.807, 2.05) is 18.2 Å². The molecule has 8 nitrogen and oxygen atoms in total. The second-order valence-electron chi connectivity index (χ2n) is 10.1. The van der Waals surface area contributed by atoms with Gasteiger partial charge in [0.2, 0.25) is 0 Å². The van der Waals surface area contributed by atoms with Gasteiger partial charge in [0.25, 0.3) is 0 Å². The molecule has 0 aromatic carbocycles. The van der Waals surface area contributed by atoms with Crippen LogP contribution in [-0.4, -0.2) is 50.1 Å². The minimum absolute atomic E-state index is 0.284. The lowest BCUT2D eigenvalue weighted by Gasteiger charge is -2.08. The average Bonchev–Trinajstić information content (AvgIpc) is 2.95. The molecule has 0 unspecified atom stereocenters. The highest BCUT2D eigenvalue weighted by atomic mass is 16.6. The quantitative estimate of drug-likeness (QED) is 0.115. The van der Waals surface area contributed by atoms with Gasteiger partial charge in [0.15, 0.2) is 0 Å². The van der Waals surface area contributed by atoms with E-state index < -0.39 is 6.09 Å². The molecule has 0 aliphatic rings. The number of amides is 2. The molecule has 0 atom stereocenters. The highest BCUT2D eigenvalue weighted by Gasteiger charge is 2.03. The van der Waals surface area contributed by atoms with Gasteiger partial charge in [0.05, 0.1) is 25.5 Å². The van der Waals surface area contributed by atoms with E-state index >= 15 is 0 Å².